The van der Waals surface area contributed by atoms with Crippen molar-refractivity contribution in [3.05, 3.63) is 54.4 Å². The van der Waals surface area contributed by atoms with Crippen LogP contribution in [0.3, 0.4) is 0 Å². The average molecular weight is 376 g/mol. The third-order valence-electron chi connectivity index (χ3n) is 3.78. The second kappa shape index (κ2) is 9.16. The molecule has 140 valence electrons. The maximum absolute atomic E-state index is 12.1. The Bertz CT molecular complexity index is 716. The highest BCUT2D eigenvalue weighted by atomic mass is 32.2. The zero-order valence-electron chi connectivity index (χ0n) is 15.7. The molecule has 1 aromatic heterocycles. The third kappa shape index (κ3) is 5.83. The van der Waals surface area contributed by atoms with Crippen molar-refractivity contribution >= 4 is 17.3 Å². The first-order valence-corrected chi connectivity index (χ1v) is 9.85. The Hall–Kier alpha value is -1.89. The summed E-state index contributed by atoms with van der Waals surface area (Å²) < 4.78 is 18.4. The second-order valence-electron chi connectivity index (χ2n) is 6.95. The minimum atomic E-state index is -1.07. The molecule has 0 spiro atoms. The molecule has 2 atom stereocenters. The number of hydrogen-bond donors (Lipinski definition) is 2. The van der Waals surface area contributed by atoms with Gasteiger partial charge in [-0.05, 0) is 44.9 Å². The molecule has 0 saturated heterocycles. The van der Waals surface area contributed by atoms with Gasteiger partial charge in [0, 0.05) is 18.0 Å². The SMILES string of the molecule is CCOC(=O)C[C@H](N[S+](O)C(C)(C)C)c1cncc(-c2ccccc2)c1. The summed E-state index contributed by atoms with van der Waals surface area (Å²) in [6.07, 6.45) is 3.65. The van der Waals surface area contributed by atoms with E-state index in [9.17, 15) is 9.35 Å². The van der Waals surface area contributed by atoms with E-state index in [2.05, 4.69) is 9.71 Å². The van der Waals surface area contributed by atoms with Gasteiger partial charge in [-0.3, -0.25) is 9.78 Å². The number of carbonyl (C=O) groups excluding carboxylic acids is 1. The van der Waals surface area contributed by atoms with Crippen molar-refractivity contribution in [2.75, 3.05) is 6.61 Å². The van der Waals surface area contributed by atoms with Gasteiger partial charge in [0.1, 0.15) is 0 Å². The van der Waals surface area contributed by atoms with E-state index in [-0.39, 0.29) is 23.2 Å². The smallest absolute Gasteiger partial charge is 0.307 e. The lowest BCUT2D eigenvalue weighted by Gasteiger charge is -2.21. The van der Waals surface area contributed by atoms with E-state index in [1.54, 1.807) is 19.3 Å². The fraction of sp³-hybridized carbons (Fsp3) is 0.400. The van der Waals surface area contributed by atoms with Crippen LogP contribution in [0.4, 0.5) is 0 Å². The topological polar surface area (TPSA) is 71.5 Å². The summed E-state index contributed by atoms with van der Waals surface area (Å²) in [5.74, 6) is -0.305. The Balaban J connectivity index is 2.30. The molecule has 0 aliphatic rings. The minimum absolute atomic E-state index is 0.133. The molecule has 6 heteroatoms. The fourth-order valence-electron chi connectivity index (χ4n) is 2.36. The molecule has 2 aromatic rings. The van der Waals surface area contributed by atoms with Crippen LogP contribution >= 0.6 is 0 Å². The Morgan fingerprint density at radius 3 is 2.54 bits per heavy atom. The standard InChI is InChI=1S/C20H27N2O3S/c1-5-25-19(23)12-18(22-26(24)20(2,3)4)17-11-16(13-21-14-17)15-9-7-6-8-10-15/h6-11,13-14,18,22,24H,5,12H2,1-4H3/q+1/t18-,26?/m0/s1. The highest BCUT2D eigenvalue weighted by Crippen LogP contribution is 2.26. The van der Waals surface area contributed by atoms with Gasteiger partial charge in [0.05, 0.1) is 19.1 Å². The average Bonchev–Trinajstić information content (AvgIpc) is 2.61. The van der Waals surface area contributed by atoms with Gasteiger partial charge in [0.25, 0.3) is 0 Å². The van der Waals surface area contributed by atoms with Crippen LogP contribution in [-0.4, -0.2) is 26.9 Å². The van der Waals surface area contributed by atoms with Crippen LogP contribution in [0.1, 0.15) is 45.7 Å². The molecule has 0 aliphatic heterocycles. The van der Waals surface area contributed by atoms with Crippen molar-refractivity contribution in [3.63, 3.8) is 0 Å². The molecule has 0 aliphatic carbocycles. The first-order valence-electron chi connectivity index (χ1n) is 8.67. The molecule has 0 saturated carbocycles. The van der Waals surface area contributed by atoms with Crippen LogP contribution in [0.2, 0.25) is 0 Å². The summed E-state index contributed by atoms with van der Waals surface area (Å²) in [5.41, 5.74) is 2.86. The lowest BCUT2D eigenvalue weighted by Crippen LogP contribution is -2.41. The molecule has 0 bridgehead atoms. The quantitative estimate of drug-likeness (QED) is 0.562. The highest BCUT2D eigenvalue weighted by molar-refractivity contribution is 7.90. The zero-order valence-corrected chi connectivity index (χ0v) is 16.5. The van der Waals surface area contributed by atoms with Crippen molar-refractivity contribution in [1.29, 1.82) is 0 Å². The Morgan fingerprint density at radius 1 is 1.23 bits per heavy atom. The number of hydrogen-bond acceptors (Lipinski definition) is 5. The van der Waals surface area contributed by atoms with Gasteiger partial charge in [-0.1, -0.05) is 35.1 Å². The number of nitrogens with zero attached hydrogens (tertiary/aromatic N) is 1. The molecule has 1 unspecified atom stereocenters. The molecule has 0 amide bonds. The van der Waals surface area contributed by atoms with Gasteiger partial charge in [-0.15, -0.1) is 0 Å². The van der Waals surface area contributed by atoms with Crippen molar-refractivity contribution in [3.8, 4) is 11.1 Å². The molecule has 1 aromatic carbocycles. The van der Waals surface area contributed by atoms with Crippen molar-refractivity contribution < 1.29 is 14.1 Å². The normalized spacial score (nSPS) is 13.9. The number of ether oxygens (including phenoxy) is 1. The van der Waals surface area contributed by atoms with E-state index in [1.165, 1.54) is 0 Å². The number of pyridine rings is 1. The lowest BCUT2D eigenvalue weighted by molar-refractivity contribution is -0.143. The number of benzene rings is 1. The zero-order chi connectivity index (χ0) is 19.2. The third-order valence-corrected chi connectivity index (χ3v) is 5.45. The second-order valence-corrected chi connectivity index (χ2v) is 8.98. The van der Waals surface area contributed by atoms with Crippen LogP contribution in [0.25, 0.3) is 11.1 Å². The summed E-state index contributed by atoms with van der Waals surface area (Å²) in [6.45, 7) is 7.96. The number of carbonyl (C=O) groups is 1. The summed E-state index contributed by atoms with van der Waals surface area (Å²) in [6, 6.07) is 11.6. The van der Waals surface area contributed by atoms with Gasteiger partial charge in [0.15, 0.2) is 4.75 Å². The van der Waals surface area contributed by atoms with Gasteiger partial charge < -0.3 is 4.74 Å². The van der Waals surface area contributed by atoms with Crippen LogP contribution < -0.4 is 4.72 Å². The molecule has 0 fully saturated rings. The molecular formula is C20H27N2O3S+. The molecule has 5 nitrogen and oxygen atoms in total. The van der Waals surface area contributed by atoms with Crippen molar-refractivity contribution in [2.24, 2.45) is 0 Å². The largest absolute Gasteiger partial charge is 0.466 e. The minimum Gasteiger partial charge on any atom is -0.466 e. The summed E-state index contributed by atoms with van der Waals surface area (Å²) in [5, 5.41) is 0. The predicted octanol–water partition coefficient (Wildman–Crippen LogP) is 4.14. The molecular weight excluding hydrogens is 348 g/mol. The molecule has 26 heavy (non-hydrogen) atoms. The number of nitrogens with one attached hydrogen (secondary N) is 1. The van der Waals surface area contributed by atoms with Gasteiger partial charge in [-0.25, -0.2) is 0 Å². The Morgan fingerprint density at radius 2 is 1.92 bits per heavy atom. The van der Waals surface area contributed by atoms with E-state index >= 15 is 0 Å². The van der Waals surface area contributed by atoms with Crippen molar-refractivity contribution in [1.82, 2.24) is 9.71 Å². The van der Waals surface area contributed by atoms with E-state index in [0.717, 1.165) is 16.7 Å². The van der Waals surface area contributed by atoms with E-state index < -0.39 is 11.4 Å². The number of aromatic nitrogens is 1. The Labute approximate surface area is 158 Å². The maximum Gasteiger partial charge on any atom is 0.307 e. The summed E-state index contributed by atoms with van der Waals surface area (Å²) in [7, 11) is 0. The first kappa shape index (κ1) is 20.4. The number of esters is 1. The van der Waals surface area contributed by atoms with Crippen LogP contribution in [0, 0.1) is 0 Å². The molecule has 2 N–H and O–H groups in total. The lowest BCUT2D eigenvalue weighted by atomic mass is 10.0. The predicted molar refractivity (Wildman–Crippen MR) is 107 cm³/mol. The molecule has 1 heterocycles. The number of rotatable bonds is 7. The van der Waals surface area contributed by atoms with Gasteiger partial charge >= 0.3 is 5.97 Å². The first-order chi connectivity index (χ1) is 12.3. The van der Waals surface area contributed by atoms with E-state index in [0.29, 0.717) is 6.61 Å². The fourth-order valence-corrected chi connectivity index (χ4v) is 3.20. The van der Waals surface area contributed by atoms with Gasteiger partial charge in [0.2, 0.25) is 11.4 Å². The van der Waals surface area contributed by atoms with Gasteiger partial charge in [-0.2, -0.15) is 4.55 Å². The Kier molecular flexibility index (Phi) is 7.20. The van der Waals surface area contributed by atoms with Crippen LogP contribution in [-0.2, 0) is 20.9 Å². The maximum atomic E-state index is 12.1. The van der Waals surface area contributed by atoms with E-state index in [4.69, 9.17) is 4.74 Å². The summed E-state index contributed by atoms with van der Waals surface area (Å²) in [4.78, 5) is 16.4. The highest BCUT2D eigenvalue weighted by Gasteiger charge is 2.38. The van der Waals surface area contributed by atoms with E-state index in [1.807, 2.05) is 57.2 Å². The summed E-state index contributed by atoms with van der Waals surface area (Å²) >= 11 is -1.07. The molecule has 2 rings (SSSR count). The monoisotopic (exact) mass is 375 g/mol. The van der Waals surface area contributed by atoms with Crippen LogP contribution in [0.5, 0.6) is 0 Å². The van der Waals surface area contributed by atoms with Crippen molar-refractivity contribution in [2.45, 2.75) is 44.9 Å². The molecule has 0 radical (unpaired) electrons. The van der Waals surface area contributed by atoms with Crippen LogP contribution in [0.15, 0.2) is 48.8 Å².